The van der Waals surface area contributed by atoms with E-state index in [0.29, 0.717) is 5.41 Å². The van der Waals surface area contributed by atoms with Crippen molar-refractivity contribution < 1.29 is 0 Å². The first-order chi connectivity index (χ1) is 23.2. The summed E-state index contributed by atoms with van der Waals surface area (Å²) in [4.78, 5) is 6.08. The fraction of sp³-hybridized carbons (Fsp3) is 0.467. The van der Waals surface area contributed by atoms with Crippen molar-refractivity contribution in [2.45, 2.75) is 123 Å². The highest BCUT2D eigenvalue weighted by molar-refractivity contribution is 8.00. The Bertz CT molecular complexity index is 2110. The van der Waals surface area contributed by atoms with Crippen LogP contribution >= 0.6 is 11.8 Å². The zero-order chi connectivity index (χ0) is 31.9. The Hall–Kier alpha value is -2.91. The molecule has 2 atom stereocenters. The van der Waals surface area contributed by atoms with Crippen LogP contribution in [0.5, 0.6) is 0 Å². The van der Waals surface area contributed by atoms with Gasteiger partial charge in [0.1, 0.15) is 0 Å². The lowest BCUT2D eigenvalue weighted by atomic mass is 9.34. The lowest BCUT2D eigenvalue weighted by Crippen LogP contribution is -2.63. The first kappa shape index (κ1) is 27.9. The van der Waals surface area contributed by atoms with Crippen LogP contribution in [0.2, 0.25) is 0 Å². The number of hydrogen-bond acceptors (Lipinski definition) is 2. The largest absolute Gasteiger partial charge is 0.335 e. The number of benzene rings is 4. The standard InChI is InChI=1S/C45H46BNS/c1-42(2)30-12-6-5-11-29(30)37-31(42)15-16-34-41(37)48-36-22-32(45-23-26-19-27(24-45)21-28(20-26)25-45)38-40-39(36)46(34)33-13-7-8-14-35(33)47(40)44(4)18-10-9-17-43(38,44)3/h5-8,11-16,22,26-28H,9-10,17-21,23-25H2,1-4H3. The molecule has 5 fully saturated rings. The molecule has 3 heterocycles. The van der Waals surface area contributed by atoms with Crippen LogP contribution in [0.15, 0.2) is 76.5 Å². The van der Waals surface area contributed by atoms with Crippen molar-refractivity contribution in [3.8, 4) is 11.1 Å². The van der Waals surface area contributed by atoms with Crippen LogP contribution < -0.4 is 21.3 Å². The summed E-state index contributed by atoms with van der Waals surface area (Å²) in [7, 11) is 0. The highest BCUT2D eigenvalue weighted by Crippen LogP contribution is 2.68. The predicted octanol–water partition coefficient (Wildman–Crippen LogP) is 9.50. The summed E-state index contributed by atoms with van der Waals surface area (Å²) in [5, 5.41) is 0. The zero-order valence-corrected chi connectivity index (χ0v) is 29.9. The molecule has 4 aromatic carbocycles. The van der Waals surface area contributed by atoms with Crippen LogP contribution in [0.1, 0.15) is 114 Å². The molecule has 3 heteroatoms. The molecule has 48 heavy (non-hydrogen) atoms. The van der Waals surface area contributed by atoms with Crippen molar-refractivity contribution in [3.05, 3.63) is 89.0 Å². The van der Waals surface area contributed by atoms with Crippen molar-refractivity contribution in [2.75, 3.05) is 4.90 Å². The second-order valence-corrected chi connectivity index (χ2v) is 19.6. The van der Waals surface area contributed by atoms with Crippen molar-refractivity contribution >= 4 is 46.2 Å². The Balaban J connectivity index is 1.20. The molecule has 4 bridgehead atoms. The lowest BCUT2D eigenvalue weighted by molar-refractivity contribution is -0.00637. The van der Waals surface area contributed by atoms with Crippen molar-refractivity contribution in [1.29, 1.82) is 0 Å². The molecule has 1 nitrogen and oxygen atoms in total. The van der Waals surface area contributed by atoms with Crippen LogP contribution in [0, 0.1) is 17.8 Å². The van der Waals surface area contributed by atoms with Crippen molar-refractivity contribution in [2.24, 2.45) is 17.8 Å². The molecule has 0 radical (unpaired) electrons. The summed E-state index contributed by atoms with van der Waals surface area (Å²) in [6, 6.07) is 26.9. The van der Waals surface area contributed by atoms with Gasteiger partial charge in [0.15, 0.2) is 0 Å². The Morgan fingerprint density at radius 2 is 1.44 bits per heavy atom. The van der Waals surface area contributed by atoms with E-state index in [1.54, 1.807) is 21.5 Å². The third kappa shape index (κ3) is 3.02. The maximum absolute atomic E-state index is 2.97. The van der Waals surface area contributed by atoms with Crippen LogP contribution in [0.3, 0.4) is 0 Å². The van der Waals surface area contributed by atoms with Gasteiger partial charge in [-0.3, -0.25) is 0 Å². The Labute approximate surface area is 291 Å². The molecule has 3 aliphatic heterocycles. The van der Waals surface area contributed by atoms with Gasteiger partial charge in [-0.25, -0.2) is 0 Å². The fourth-order valence-corrected chi connectivity index (χ4v) is 15.5. The van der Waals surface area contributed by atoms with E-state index in [-0.39, 0.29) is 23.1 Å². The molecule has 9 aliphatic rings. The van der Waals surface area contributed by atoms with Crippen LogP contribution in [-0.2, 0) is 16.2 Å². The van der Waals surface area contributed by atoms with Gasteiger partial charge in [-0.05, 0) is 138 Å². The molecule has 0 saturated heterocycles. The summed E-state index contributed by atoms with van der Waals surface area (Å²) in [6.07, 6.45) is 14.2. The quantitative estimate of drug-likeness (QED) is 0.168. The van der Waals surface area contributed by atoms with E-state index in [1.807, 2.05) is 11.1 Å². The minimum atomic E-state index is 0.0181. The monoisotopic (exact) mass is 643 g/mol. The summed E-state index contributed by atoms with van der Waals surface area (Å²) in [5.74, 6) is 2.84. The van der Waals surface area contributed by atoms with Gasteiger partial charge in [0.05, 0.1) is 5.54 Å². The average Bonchev–Trinajstić information content (AvgIpc) is 3.45. The fourth-order valence-electron chi connectivity index (χ4n) is 14.2. The Kier molecular flexibility index (Phi) is 5.04. The molecule has 4 aromatic rings. The summed E-state index contributed by atoms with van der Waals surface area (Å²) in [5.41, 5.74) is 18.1. The molecule has 0 aromatic heterocycles. The van der Waals surface area contributed by atoms with Gasteiger partial charge < -0.3 is 4.90 Å². The Morgan fingerprint density at radius 1 is 0.729 bits per heavy atom. The molecule has 240 valence electrons. The zero-order valence-electron chi connectivity index (χ0n) is 29.1. The van der Waals surface area contributed by atoms with Gasteiger partial charge in [0.25, 0.3) is 0 Å². The van der Waals surface area contributed by atoms with E-state index in [1.165, 1.54) is 103 Å². The average molecular weight is 644 g/mol. The second-order valence-electron chi connectivity index (χ2n) is 18.6. The van der Waals surface area contributed by atoms with Gasteiger partial charge in [-0.15, -0.1) is 0 Å². The second kappa shape index (κ2) is 8.69. The topological polar surface area (TPSA) is 3.24 Å². The number of rotatable bonds is 1. The summed E-state index contributed by atoms with van der Waals surface area (Å²) in [6.45, 7) is 10.6. The highest BCUT2D eigenvalue weighted by Gasteiger charge is 2.64. The van der Waals surface area contributed by atoms with E-state index in [4.69, 9.17) is 0 Å². The molecule has 0 spiro atoms. The molecule has 6 aliphatic carbocycles. The normalized spacial score (nSPS) is 34.7. The predicted molar refractivity (Wildman–Crippen MR) is 202 cm³/mol. The summed E-state index contributed by atoms with van der Waals surface area (Å²) >= 11 is 2.16. The first-order valence-corrected chi connectivity index (χ1v) is 20.1. The van der Waals surface area contributed by atoms with E-state index < -0.39 is 0 Å². The highest BCUT2D eigenvalue weighted by atomic mass is 32.2. The molecular weight excluding hydrogens is 597 g/mol. The molecule has 13 rings (SSSR count). The smallest absolute Gasteiger partial charge is 0.249 e. The summed E-state index contributed by atoms with van der Waals surface area (Å²) < 4.78 is 0. The van der Waals surface area contributed by atoms with Crippen LogP contribution in [0.4, 0.5) is 11.4 Å². The number of fused-ring (bicyclic) bond motifs is 12. The van der Waals surface area contributed by atoms with Gasteiger partial charge in [-0.1, -0.05) is 105 Å². The maximum Gasteiger partial charge on any atom is 0.249 e. The van der Waals surface area contributed by atoms with E-state index in [0.717, 1.165) is 17.8 Å². The molecule has 0 amide bonds. The lowest BCUT2D eigenvalue weighted by Gasteiger charge is -2.58. The van der Waals surface area contributed by atoms with Gasteiger partial charge >= 0.3 is 0 Å². The minimum Gasteiger partial charge on any atom is -0.335 e. The SMILES string of the molecule is CC1(C)c2ccccc2-c2c1ccc1c2Sc2cc(C34CC5CC(CC(C5)C3)C4)c3c4c2B1c1ccccc1N4C1(C)CCCCC31C. The van der Waals surface area contributed by atoms with Gasteiger partial charge in [-0.2, -0.15) is 0 Å². The van der Waals surface area contributed by atoms with E-state index in [9.17, 15) is 0 Å². The third-order valence-corrected chi connectivity index (χ3v) is 17.2. The van der Waals surface area contributed by atoms with E-state index in [2.05, 4.69) is 111 Å². The number of anilines is 2. The molecular formula is C45H46BNS. The molecule has 2 unspecified atom stereocenters. The van der Waals surface area contributed by atoms with Gasteiger partial charge in [0.2, 0.25) is 6.71 Å². The number of nitrogens with zero attached hydrogens (tertiary/aromatic N) is 1. The van der Waals surface area contributed by atoms with Gasteiger partial charge in [0, 0.05) is 32.0 Å². The van der Waals surface area contributed by atoms with Crippen LogP contribution in [0.25, 0.3) is 11.1 Å². The third-order valence-electron chi connectivity index (χ3n) is 16.0. The molecule has 0 N–H and O–H groups in total. The Morgan fingerprint density at radius 3 is 2.23 bits per heavy atom. The number of hydrogen-bond donors (Lipinski definition) is 0. The number of para-hydroxylation sites is 1. The maximum atomic E-state index is 2.97. The molecule has 5 saturated carbocycles. The first-order valence-electron chi connectivity index (χ1n) is 19.3. The van der Waals surface area contributed by atoms with E-state index >= 15 is 0 Å². The van der Waals surface area contributed by atoms with Crippen LogP contribution in [-0.4, -0.2) is 12.3 Å². The minimum absolute atomic E-state index is 0.0181. The van der Waals surface area contributed by atoms with Crippen molar-refractivity contribution in [1.82, 2.24) is 0 Å². The van der Waals surface area contributed by atoms with Crippen molar-refractivity contribution in [3.63, 3.8) is 0 Å².